The molecule has 0 saturated carbocycles. The summed E-state index contributed by atoms with van der Waals surface area (Å²) in [6.45, 7) is 6.13. The highest BCUT2D eigenvalue weighted by Gasteiger charge is 2.18. The van der Waals surface area contributed by atoms with Crippen LogP contribution in [0.3, 0.4) is 0 Å². The number of aromatic nitrogens is 4. The number of aryl methyl sites for hydroxylation is 1. The van der Waals surface area contributed by atoms with Gasteiger partial charge in [0, 0.05) is 44.5 Å². The number of hydrogen-bond acceptors (Lipinski definition) is 3. The predicted molar refractivity (Wildman–Crippen MR) is 112 cm³/mol. The topological polar surface area (TPSA) is 49.7 Å². The van der Waals surface area contributed by atoms with Crippen molar-refractivity contribution < 1.29 is 0 Å². The highest BCUT2D eigenvalue weighted by atomic mass is 15.2. The zero-order chi connectivity index (χ0) is 18.9. The van der Waals surface area contributed by atoms with Gasteiger partial charge >= 0.3 is 0 Å². The monoisotopic (exact) mass is 371 g/mol. The van der Waals surface area contributed by atoms with Gasteiger partial charge in [-0.2, -0.15) is 0 Å². The van der Waals surface area contributed by atoms with Gasteiger partial charge in [0.25, 0.3) is 0 Å². The lowest BCUT2D eigenvalue weighted by molar-refractivity contribution is 0.269. The standard InChI is InChI=1S/C23H25N5/c1-2-17-3-5-18(6-4-17)19-7-8-22-21(13-19)26-23-9-10-27(11-12-28(22)23)15-20-14-24-16-25-20/h3-8,13-14,16H,2,9-12,15H2,1H3,(H,24,25). The largest absolute Gasteiger partial charge is 0.347 e. The van der Waals surface area contributed by atoms with Gasteiger partial charge in [-0.15, -0.1) is 0 Å². The number of benzene rings is 2. The van der Waals surface area contributed by atoms with Gasteiger partial charge in [0.2, 0.25) is 0 Å². The van der Waals surface area contributed by atoms with Crippen LogP contribution in [0, 0.1) is 0 Å². The highest BCUT2D eigenvalue weighted by Crippen LogP contribution is 2.26. The molecule has 2 aromatic heterocycles. The molecule has 1 aliphatic rings. The van der Waals surface area contributed by atoms with Crippen molar-refractivity contribution in [3.63, 3.8) is 0 Å². The van der Waals surface area contributed by atoms with Crippen molar-refractivity contribution in [3.8, 4) is 11.1 Å². The number of hydrogen-bond donors (Lipinski definition) is 1. The van der Waals surface area contributed by atoms with Crippen LogP contribution in [0.5, 0.6) is 0 Å². The quantitative estimate of drug-likeness (QED) is 0.589. The Hall–Kier alpha value is -2.92. The fourth-order valence-corrected chi connectivity index (χ4v) is 4.11. The minimum absolute atomic E-state index is 0.917. The van der Waals surface area contributed by atoms with Crippen LogP contribution < -0.4 is 0 Å². The molecule has 0 atom stereocenters. The molecular formula is C23H25N5. The molecule has 2 aromatic carbocycles. The number of nitrogens with zero attached hydrogens (tertiary/aromatic N) is 4. The van der Waals surface area contributed by atoms with Crippen molar-refractivity contribution in [1.29, 1.82) is 0 Å². The zero-order valence-electron chi connectivity index (χ0n) is 16.2. The van der Waals surface area contributed by atoms with E-state index in [1.165, 1.54) is 33.7 Å². The van der Waals surface area contributed by atoms with Gasteiger partial charge in [0.05, 0.1) is 17.4 Å². The van der Waals surface area contributed by atoms with Gasteiger partial charge in [-0.3, -0.25) is 4.90 Å². The second-order valence-electron chi connectivity index (χ2n) is 7.54. The van der Waals surface area contributed by atoms with Crippen molar-refractivity contribution in [2.45, 2.75) is 32.9 Å². The summed E-state index contributed by atoms with van der Waals surface area (Å²) in [7, 11) is 0. The lowest BCUT2D eigenvalue weighted by Crippen LogP contribution is -2.26. The minimum Gasteiger partial charge on any atom is -0.347 e. The Labute approximate surface area is 165 Å². The van der Waals surface area contributed by atoms with Crippen molar-refractivity contribution in [2.75, 3.05) is 13.1 Å². The molecule has 0 bridgehead atoms. The molecule has 0 fully saturated rings. The van der Waals surface area contributed by atoms with Crippen molar-refractivity contribution in [3.05, 3.63) is 72.1 Å². The van der Waals surface area contributed by atoms with Crippen molar-refractivity contribution in [1.82, 2.24) is 24.4 Å². The van der Waals surface area contributed by atoms with Gasteiger partial charge in [0.1, 0.15) is 5.82 Å². The van der Waals surface area contributed by atoms with E-state index in [4.69, 9.17) is 4.98 Å². The number of rotatable bonds is 4. The van der Waals surface area contributed by atoms with Crippen LogP contribution in [0.15, 0.2) is 55.0 Å². The Bertz CT molecular complexity index is 1080. The molecule has 5 nitrogen and oxygen atoms in total. The molecule has 142 valence electrons. The molecule has 5 heteroatoms. The van der Waals surface area contributed by atoms with E-state index < -0.39 is 0 Å². The first-order valence-electron chi connectivity index (χ1n) is 10.1. The van der Waals surface area contributed by atoms with E-state index >= 15 is 0 Å². The summed E-state index contributed by atoms with van der Waals surface area (Å²) in [5.74, 6) is 1.19. The van der Waals surface area contributed by atoms with Gasteiger partial charge < -0.3 is 9.55 Å². The average molecular weight is 371 g/mol. The Kier molecular flexibility index (Phi) is 4.45. The van der Waals surface area contributed by atoms with Crippen LogP contribution >= 0.6 is 0 Å². The molecule has 0 radical (unpaired) electrons. The van der Waals surface area contributed by atoms with Gasteiger partial charge in [-0.1, -0.05) is 37.3 Å². The summed E-state index contributed by atoms with van der Waals surface area (Å²) in [6, 6.07) is 15.6. The number of imidazole rings is 2. The normalized spacial score (nSPS) is 14.9. The maximum atomic E-state index is 4.98. The molecule has 4 aromatic rings. The molecule has 0 amide bonds. The minimum atomic E-state index is 0.917. The molecule has 0 unspecified atom stereocenters. The fraction of sp³-hybridized carbons (Fsp3) is 0.304. The first-order chi connectivity index (χ1) is 13.8. The van der Waals surface area contributed by atoms with Crippen molar-refractivity contribution >= 4 is 11.0 Å². The van der Waals surface area contributed by atoms with Gasteiger partial charge in [-0.05, 0) is 35.2 Å². The number of nitrogens with one attached hydrogen (secondary N) is 1. The lowest BCUT2D eigenvalue weighted by atomic mass is 10.0. The summed E-state index contributed by atoms with van der Waals surface area (Å²) >= 11 is 0. The van der Waals surface area contributed by atoms with E-state index in [-0.39, 0.29) is 0 Å². The molecule has 0 spiro atoms. The number of aromatic amines is 1. The third-order valence-electron chi connectivity index (χ3n) is 5.76. The third kappa shape index (κ3) is 3.22. The second kappa shape index (κ2) is 7.24. The summed E-state index contributed by atoms with van der Waals surface area (Å²) < 4.78 is 2.40. The van der Waals surface area contributed by atoms with E-state index in [1.54, 1.807) is 6.33 Å². The maximum absolute atomic E-state index is 4.98. The van der Waals surface area contributed by atoms with Gasteiger partial charge in [0.15, 0.2) is 0 Å². The van der Waals surface area contributed by atoms with E-state index in [0.29, 0.717) is 0 Å². The van der Waals surface area contributed by atoms with E-state index in [1.807, 2.05) is 6.20 Å². The lowest BCUT2D eigenvalue weighted by Gasteiger charge is -2.18. The SMILES string of the molecule is CCc1ccc(-c2ccc3c(c2)nc2n3CCN(Cc3cnc[nH]3)CC2)cc1. The molecule has 3 heterocycles. The van der Waals surface area contributed by atoms with Crippen molar-refractivity contribution in [2.24, 2.45) is 0 Å². The summed E-state index contributed by atoms with van der Waals surface area (Å²) in [4.78, 5) is 14.8. The summed E-state index contributed by atoms with van der Waals surface area (Å²) in [6.07, 6.45) is 5.71. The van der Waals surface area contributed by atoms with Crippen LogP contribution in [-0.4, -0.2) is 37.5 Å². The smallest absolute Gasteiger partial charge is 0.111 e. The fourth-order valence-electron chi connectivity index (χ4n) is 4.11. The van der Waals surface area contributed by atoms with Gasteiger partial charge in [-0.25, -0.2) is 9.97 Å². The second-order valence-corrected chi connectivity index (χ2v) is 7.54. The summed E-state index contributed by atoms with van der Waals surface area (Å²) in [5.41, 5.74) is 7.39. The van der Waals surface area contributed by atoms with E-state index in [9.17, 15) is 0 Å². The van der Waals surface area contributed by atoms with Crippen LogP contribution in [0.2, 0.25) is 0 Å². The number of H-pyrrole nitrogens is 1. The molecular weight excluding hydrogens is 346 g/mol. The van der Waals surface area contributed by atoms with E-state index in [2.05, 4.69) is 68.8 Å². The first-order valence-corrected chi connectivity index (χ1v) is 10.1. The average Bonchev–Trinajstić information content (AvgIpc) is 3.32. The first kappa shape index (κ1) is 17.2. The van der Waals surface area contributed by atoms with Crippen LogP contribution in [0.1, 0.15) is 24.0 Å². The van der Waals surface area contributed by atoms with Crippen LogP contribution in [-0.2, 0) is 25.9 Å². The highest BCUT2D eigenvalue weighted by molar-refractivity contribution is 5.82. The molecule has 5 rings (SSSR count). The molecule has 0 saturated heterocycles. The Morgan fingerprint density at radius 2 is 1.86 bits per heavy atom. The Morgan fingerprint density at radius 3 is 2.64 bits per heavy atom. The molecule has 28 heavy (non-hydrogen) atoms. The van der Waals surface area contributed by atoms with Crippen LogP contribution in [0.25, 0.3) is 22.2 Å². The predicted octanol–water partition coefficient (Wildman–Crippen LogP) is 4.05. The Balaban J connectivity index is 1.39. The maximum Gasteiger partial charge on any atom is 0.111 e. The zero-order valence-corrected chi connectivity index (χ0v) is 16.2. The molecule has 1 N–H and O–H groups in total. The summed E-state index contributed by atoms with van der Waals surface area (Å²) in [5, 5.41) is 0. The molecule has 0 aliphatic carbocycles. The Morgan fingerprint density at radius 1 is 1.00 bits per heavy atom. The molecule has 1 aliphatic heterocycles. The third-order valence-corrected chi connectivity index (χ3v) is 5.76. The van der Waals surface area contributed by atoms with E-state index in [0.717, 1.165) is 44.5 Å². The number of fused-ring (bicyclic) bond motifs is 3. The van der Waals surface area contributed by atoms with Crippen LogP contribution in [0.4, 0.5) is 0 Å².